The van der Waals surface area contributed by atoms with Crippen molar-refractivity contribution in [2.75, 3.05) is 39.3 Å². The van der Waals surface area contributed by atoms with Crippen molar-refractivity contribution in [3.63, 3.8) is 0 Å². The number of nitrogens with zero attached hydrogens (tertiary/aromatic N) is 3. The number of para-hydroxylation sites is 1. The molecule has 0 aromatic heterocycles. The van der Waals surface area contributed by atoms with Gasteiger partial charge in [0.05, 0.1) is 12.0 Å². The molecule has 3 amide bonds. The van der Waals surface area contributed by atoms with Crippen LogP contribution in [0.25, 0.3) is 0 Å². The molecule has 0 spiro atoms. The molecule has 2 fully saturated rings. The second-order valence-electron chi connectivity index (χ2n) is 8.70. The summed E-state index contributed by atoms with van der Waals surface area (Å²) in [6.07, 6.45) is 0.966. The quantitative estimate of drug-likeness (QED) is 0.680. The number of hydrogen-bond donors (Lipinski definition) is 0. The first-order chi connectivity index (χ1) is 16.0. The van der Waals surface area contributed by atoms with Crippen LogP contribution < -0.4 is 4.74 Å². The van der Waals surface area contributed by atoms with Gasteiger partial charge < -0.3 is 19.4 Å². The summed E-state index contributed by atoms with van der Waals surface area (Å²) in [4.78, 5) is 43.9. The Balaban J connectivity index is 1.29. The third-order valence-electron chi connectivity index (χ3n) is 6.52. The van der Waals surface area contributed by atoms with E-state index in [1.165, 1.54) is 0 Å². The second-order valence-corrected chi connectivity index (χ2v) is 8.70. The average Bonchev–Trinajstić information content (AvgIpc) is 3.07. The van der Waals surface area contributed by atoms with E-state index in [4.69, 9.17) is 4.74 Å². The van der Waals surface area contributed by atoms with Crippen LogP contribution in [0.2, 0.25) is 0 Å². The molecule has 0 saturated carbocycles. The van der Waals surface area contributed by atoms with Crippen LogP contribution in [-0.2, 0) is 14.4 Å². The van der Waals surface area contributed by atoms with Crippen LogP contribution in [0.5, 0.6) is 5.75 Å². The minimum Gasteiger partial charge on any atom is -0.484 e. The Labute approximate surface area is 194 Å². The predicted molar refractivity (Wildman–Crippen MR) is 124 cm³/mol. The van der Waals surface area contributed by atoms with Crippen molar-refractivity contribution >= 4 is 17.7 Å². The first-order valence-electron chi connectivity index (χ1n) is 11.6. The highest BCUT2D eigenvalue weighted by Crippen LogP contribution is 2.29. The first-order valence-corrected chi connectivity index (χ1v) is 11.6. The van der Waals surface area contributed by atoms with E-state index in [9.17, 15) is 14.4 Å². The maximum absolute atomic E-state index is 13.2. The van der Waals surface area contributed by atoms with E-state index < -0.39 is 0 Å². The molecule has 2 atom stereocenters. The Morgan fingerprint density at radius 1 is 0.939 bits per heavy atom. The SMILES string of the molecule is CC(c1ccccc1)N1CC(C(=O)N2CCCN(C(=O)COc3ccccc3)CC2)CC1=O. The third-order valence-corrected chi connectivity index (χ3v) is 6.52. The Bertz CT molecular complexity index is 966. The summed E-state index contributed by atoms with van der Waals surface area (Å²) in [5, 5.41) is 0. The highest BCUT2D eigenvalue weighted by Gasteiger charge is 2.39. The van der Waals surface area contributed by atoms with Crippen LogP contribution in [0.4, 0.5) is 0 Å². The fourth-order valence-corrected chi connectivity index (χ4v) is 4.58. The van der Waals surface area contributed by atoms with E-state index in [1.807, 2.05) is 77.4 Å². The van der Waals surface area contributed by atoms with Crippen LogP contribution in [-0.4, -0.2) is 71.8 Å². The Hall–Kier alpha value is -3.35. The van der Waals surface area contributed by atoms with Gasteiger partial charge in [-0.2, -0.15) is 0 Å². The van der Waals surface area contributed by atoms with Gasteiger partial charge in [-0.15, -0.1) is 0 Å². The van der Waals surface area contributed by atoms with Crippen LogP contribution in [0.3, 0.4) is 0 Å². The minimum absolute atomic E-state index is 0.0125. The maximum atomic E-state index is 13.2. The number of likely N-dealkylation sites (tertiary alicyclic amines) is 1. The Morgan fingerprint density at radius 2 is 1.58 bits per heavy atom. The lowest BCUT2D eigenvalue weighted by Crippen LogP contribution is -2.41. The smallest absolute Gasteiger partial charge is 0.260 e. The number of hydrogen-bond acceptors (Lipinski definition) is 4. The van der Waals surface area contributed by atoms with Crippen molar-refractivity contribution < 1.29 is 19.1 Å². The molecule has 7 heteroatoms. The summed E-state index contributed by atoms with van der Waals surface area (Å²) in [6.45, 7) is 4.59. The molecule has 2 aromatic carbocycles. The Kier molecular flexibility index (Phi) is 7.27. The van der Waals surface area contributed by atoms with Crippen LogP contribution in [0, 0.1) is 5.92 Å². The number of benzene rings is 2. The summed E-state index contributed by atoms with van der Waals surface area (Å²) in [7, 11) is 0. The molecule has 2 aliphatic heterocycles. The van der Waals surface area contributed by atoms with Gasteiger partial charge in [0, 0.05) is 39.1 Å². The second kappa shape index (κ2) is 10.5. The minimum atomic E-state index is -0.327. The number of carbonyl (C=O) groups excluding carboxylic acids is 3. The van der Waals surface area contributed by atoms with Gasteiger partial charge in [0.25, 0.3) is 5.91 Å². The maximum Gasteiger partial charge on any atom is 0.260 e. The van der Waals surface area contributed by atoms with E-state index in [1.54, 1.807) is 4.90 Å². The molecule has 7 nitrogen and oxygen atoms in total. The van der Waals surface area contributed by atoms with Gasteiger partial charge in [0.2, 0.25) is 11.8 Å². The molecule has 4 rings (SSSR count). The largest absolute Gasteiger partial charge is 0.484 e. The highest BCUT2D eigenvalue weighted by molar-refractivity contribution is 5.89. The van der Waals surface area contributed by atoms with E-state index in [0.717, 1.165) is 5.56 Å². The molecule has 2 saturated heterocycles. The summed E-state index contributed by atoms with van der Waals surface area (Å²) >= 11 is 0. The zero-order valence-electron chi connectivity index (χ0n) is 19.1. The zero-order chi connectivity index (χ0) is 23.2. The van der Waals surface area contributed by atoms with Gasteiger partial charge in [-0.05, 0) is 31.0 Å². The molecule has 174 valence electrons. The lowest BCUT2D eigenvalue weighted by molar-refractivity contribution is -0.137. The lowest BCUT2D eigenvalue weighted by Gasteiger charge is -2.27. The van der Waals surface area contributed by atoms with E-state index in [2.05, 4.69) is 0 Å². The van der Waals surface area contributed by atoms with E-state index >= 15 is 0 Å². The normalized spacial score (nSPS) is 19.8. The van der Waals surface area contributed by atoms with Gasteiger partial charge in [-0.25, -0.2) is 0 Å². The number of ether oxygens (including phenoxy) is 1. The average molecular weight is 450 g/mol. The van der Waals surface area contributed by atoms with Gasteiger partial charge in [0.1, 0.15) is 5.75 Å². The van der Waals surface area contributed by atoms with Crippen molar-refractivity contribution in [1.82, 2.24) is 14.7 Å². The van der Waals surface area contributed by atoms with E-state index in [0.29, 0.717) is 44.9 Å². The lowest BCUT2D eigenvalue weighted by atomic mass is 10.1. The number of carbonyl (C=O) groups is 3. The molecule has 2 aromatic rings. The summed E-state index contributed by atoms with van der Waals surface area (Å²) < 4.78 is 5.59. The van der Waals surface area contributed by atoms with Crippen molar-refractivity contribution in [3.05, 3.63) is 66.2 Å². The molecule has 33 heavy (non-hydrogen) atoms. The molecule has 0 aliphatic carbocycles. The van der Waals surface area contributed by atoms with Crippen molar-refractivity contribution in [2.24, 2.45) is 5.92 Å². The van der Waals surface area contributed by atoms with Gasteiger partial charge in [-0.3, -0.25) is 14.4 Å². The van der Waals surface area contributed by atoms with E-state index in [-0.39, 0.29) is 42.7 Å². The fourth-order valence-electron chi connectivity index (χ4n) is 4.58. The molecule has 0 radical (unpaired) electrons. The molecule has 0 bridgehead atoms. The monoisotopic (exact) mass is 449 g/mol. The highest BCUT2D eigenvalue weighted by atomic mass is 16.5. The standard InChI is InChI=1S/C26H31N3O4/c1-20(21-9-4-2-5-10-21)29-18-22(17-24(29)30)26(32)28-14-8-13-27(15-16-28)25(31)19-33-23-11-6-3-7-12-23/h2-7,9-12,20,22H,8,13-19H2,1H3. The van der Waals surface area contributed by atoms with Crippen LogP contribution in [0.1, 0.15) is 31.4 Å². The van der Waals surface area contributed by atoms with Crippen molar-refractivity contribution in [3.8, 4) is 5.75 Å². The Morgan fingerprint density at radius 3 is 2.30 bits per heavy atom. The van der Waals surface area contributed by atoms with Gasteiger partial charge in [0.15, 0.2) is 6.61 Å². The molecule has 2 aliphatic rings. The number of amides is 3. The van der Waals surface area contributed by atoms with Crippen LogP contribution >= 0.6 is 0 Å². The molecule has 2 unspecified atom stereocenters. The summed E-state index contributed by atoms with van der Waals surface area (Å²) in [6, 6.07) is 19.1. The zero-order valence-corrected chi connectivity index (χ0v) is 19.1. The molecule has 2 heterocycles. The fraction of sp³-hybridized carbons (Fsp3) is 0.423. The first kappa shape index (κ1) is 22.8. The third kappa shape index (κ3) is 5.53. The van der Waals surface area contributed by atoms with Crippen molar-refractivity contribution in [1.29, 1.82) is 0 Å². The predicted octanol–water partition coefficient (Wildman–Crippen LogP) is 2.74. The van der Waals surface area contributed by atoms with Gasteiger partial charge >= 0.3 is 0 Å². The summed E-state index contributed by atoms with van der Waals surface area (Å²) in [5.41, 5.74) is 1.07. The topological polar surface area (TPSA) is 70.2 Å². The van der Waals surface area contributed by atoms with Crippen molar-refractivity contribution in [2.45, 2.75) is 25.8 Å². The number of rotatable bonds is 6. The van der Waals surface area contributed by atoms with Gasteiger partial charge in [-0.1, -0.05) is 48.5 Å². The molecular weight excluding hydrogens is 418 g/mol. The molecule has 0 N–H and O–H groups in total. The summed E-state index contributed by atoms with van der Waals surface area (Å²) in [5.74, 6) is 0.299. The molecular formula is C26H31N3O4. The van der Waals surface area contributed by atoms with Crippen LogP contribution in [0.15, 0.2) is 60.7 Å².